The summed E-state index contributed by atoms with van der Waals surface area (Å²) in [6, 6.07) is 0. The van der Waals surface area contributed by atoms with Crippen LogP contribution in [0.25, 0.3) is 0 Å². The molecule has 1 unspecified atom stereocenters. The van der Waals surface area contributed by atoms with Gasteiger partial charge in [-0.2, -0.15) is 4.98 Å². The molecule has 1 fully saturated rings. The monoisotopic (exact) mass is 495 g/mol. The van der Waals surface area contributed by atoms with Gasteiger partial charge in [0.25, 0.3) is 0 Å². The van der Waals surface area contributed by atoms with E-state index in [1.54, 1.807) is 0 Å². The maximum absolute atomic E-state index is 5.71. The molecular weight excluding hydrogens is 461 g/mol. The fraction of sp³-hybridized carbons (Fsp3) is 0.833. The molecule has 1 atom stereocenters. The largest absolute Gasteiger partial charge is 0.381 e. The van der Waals surface area contributed by atoms with E-state index in [0.717, 1.165) is 58.3 Å². The van der Waals surface area contributed by atoms with Crippen molar-refractivity contribution >= 4 is 29.9 Å². The predicted molar refractivity (Wildman–Crippen MR) is 116 cm³/mol. The first-order valence-corrected chi connectivity index (χ1v) is 9.49. The number of aromatic nitrogens is 2. The van der Waals surface area contributed by atoms with Crippen LogP contribution in [0.5, 0.6) is 0 Å². The van der Waals surface area contributed by atoms with Gasteiger partial charge in [0.2, 0.25) is 5.89 Å². The number of hydrogen-bond donors (Lipinski definition) is 2. The van der Waals surface area contributed by atoms with Crippen molar-refractivity contribution in [3.8, 4) is 0 Å². The standard InChI is InChI=1S/C18H33N5O3.HI/c1-5-19-17(20-8-6-9-24-12-14-7-10-25-13-14)21-11-15-22-16(26-23-15)18(2,3)4;/h14H,5-13H2,1-4H3,(H2,19,20,21);1H. The number of aliphatic imine (C=N–C) groups is 1. The molecule has 1 saturated heterocycles. The second-order valence-corrected chi connectivity index (χ2v) is 7.55. The van der Waals surface area contributed by atoms with Gasteiger partial charge < -0.3 is 24.6 Å². The Morgan fingerprint density at radius 2 is 2.15 bits per heavy atom. The van der Waals surface area contributed by atoms with Crippen molar-refractivity contribution in [1.82, 2.24) is 20.8 Å². The zero-order valence-electron chi connectivity index (χ0n) is 16.9. The average molecular weight is 495 g/mol. The average Bonchev–Trinajstić information content (AvgIpc) is 3.26. The molecule has 1 aromatic rings. The first kappa shape index (κ1) is 24.1. The summed E-state index contributed by atoms with van der Waals surface area (Å²) in [7, 11) is 0. The van der Waals surface area contributed by atoms with Crippen LogP contribution < -0.4 is 10.6 Å². The summed E-state index contributed by atoms with van der Waals surface area (Å²) in [6.07, 6.45) is 2.04. The molecule has 8 nitrogen and oxygen atoms in total. The minimum absolute atomic E-state index is 0. The van der Waals surface area contributed by atoms with Crippen LogP contribution in [0.1, 0.15) is 52.3 Å². The minimum atomic E-state index is -0.150. The summed E-state index contributed by atoms with van der Waals surface area (Å²) < 4.78 is 16.3. The highest BCUT2D eigenvalue weighted by Gasteiger charge is 2.21. The Morgan fingerprint density at radius 3 is 2.78 bits per heavy atom. The van der Waals surface area contributed by atoms with E-state index in [1.807, 2.05) is 27.7 Å². The zero-order chi connectivity index (χ0) is 18.8. The number of nitrogens with zero attached hydrogens (tertiary/aromatic N) is 3. The first-order chi connectivity index (χ1) is 12.5. The molecule has 1 aromatic heterocycles. The summed E-state index contributed by atoms with van der Waals surface area (Å²) in [5.74, 6) is 2.54. The second-order valence-electron chi connectivity index (χ2n) is 7.55. The number of rotatable bonds is 9. The molecule has 1 aliphatic rings. The number of halogens is 1. The molecule has 0 aromatic carbocycles. The minimum Gasteiger partial charge on any atom is -0.381 e. The van der Waals surface area contributed by atoms with Crippen LogP contribution in [0, 0.1) is 5.92 Å². The lowest BCUT2D eigenvalue weighted by Gasteiger charge is -2.12. The quantitative estimate of drug-likeness (QED) is 0.235. The molecule has 0 saturated carbocycles. The van der Waals surface area contributed by atoms with E-state index >= 15 is 0 Å². The van der Waals surface area contributed by atoms with Gasteiger partial charge in [-0.3, -0.25) is 0 Å². The second kappa shape index (κ2) is 12.5. The van der Waals surface area contributed by atoms with Gasteiger partial charge in [-0.1, -0.05) is 25.9 Å². The maximum Gasteiger partial charge on any atom is 0.232 e. The molecule has 156 valence electrons. The third-order valence-electron chi connectivity index (χ3n) is 3.97. The highest BCUT2D eigenvalue weighted by molar-refractivity contribution is 14.0. The fourth-order valence-corrected chi connectivity index (χ4v) is 2.46. The van der Waals surface area contributed by atoms with E-state index < -0.39 is 0 Å². The number of hydrogen-bond acceptors (Lipinski definition) is 6. The molecule has 0 spiro atoms. The summed E-state index contributed by atoms with van der Waals surface area (Å²) in [4.78, 5) is 8.91. The lowest BCUT2D eigenvalue weighted by Crippen LogP contribution is -2.38. The smallest absolute Gasteiger partial charge is 0.232 e. The third kappa shape index (κ3) is 9.20. The SMILES string of the molecule is CCNC(=NCc1noc(C(C)(C)C)n1)NCCCOCC1CCOC1.I. The molecule has 2 N–H and O–H groups in total. The zero-order valence-corrected chi connectivity index (χ0v) is 19.2. The van der Waals surface area contributed by atoms with Gasteiger partial charge in [0.15, 0.2) is 11.8 Å². The van der Waals surface area contributed by atoms with Crippen LogP contribution in [0.15, 0.2) is 9.52 Å². The van der Waals surface area contributed by atoms with Crippen LogP contribution in [0.4, 0.5) is 0 Å². The van der Waals surface area contributed by atoms with Crippen LogP contribution >= 0.6 is 24.0 Å². The Morgan fingerprint density at radius 1 is 1.33 bits per heavy atom. The van der Waals surface area contributed by atoms with E-state index in [2.05, 4.69) is 25.8 Å². The van der Waals surface area contributed by atoms with Gasteiger partial charge in [0.1, 0.15) is 6.54 Å². The highest BCUT2D eigenvalue weighted by atomic mass is 127. The van der Waals surface area contributed by atoms with Crippen molar-refractivity contribution in [2.75, 3.05) is 39.5 Å². The Labute approximate surface area is 179 Å². The Balaban J connectivity index is 0.00000364. The van der Waals surface area contributed by atoms with Gasteiger partial charge in [0, 0.05) is 37.6 Å². The van der Waals surface area contributed by atoms with Crippen LogP contribution in [0.3, 0.4) is 0 Å². The molecular formula is C18H34IN5O3. The number of guanidine groups is 1. The van der Waals surface area contributed by atoms with Gasteiger partial charge in [-0.25, -0.2) is 4.99 Å². The summed E-state index contributed by atoms with van der Waals surface area (Å²) in [5.41, 5.74) is -0.150. The molecule has 1 aliphatic heterocycles. The van der Waals surface area contributed by atoms with Crippen molar-refractivity contribution in [3.63, 3.8) is 0 Å². The van der Waals surface area contributed by atoms with Crippen LogP contribution in [-0.4, -0.2) is 55.6 Å². The molecule has 0 amide bonds. The Hall–Kier alpha value is -0.940. The van der Waals surface area contributed by atoms with Crippen LogP contribution in [-0.2, 0) is 21.4 Å². The third-order valence-corrected chi connectivity index (χ3v) is 3.97. The van der Waals surface area contributed by atoms with Crippen molar-refractivity contribution in [2.45, 2.75) is 52.5 Å². The Kier molecular flexibility index (Phi) is 11.2. The molecule has 9 heteroatoms. The summed E-state index contributed by atoms with van der Waals surface area (Å²) in [6.45, 7) is 13.4. The lowest BCUT2D eigenvalue weighted by molar-refractivity contribution is 0.0888. The molecule has 2 rings (SSSR count). The predicted octanol–water partition coefficient (Wildman–Crippen LogP) is 2.48. The summed E-state index contributed by atoms with van der Waals surface area (Å²) >= 11 is 0. The van der Waals surface area contributed by atoms with Crippen molar-refractivity contribution < 1.29 is 14.0 Å². The normalized spacial score (nSPS) is 17.6. The molecule has 0 bridgehead atoms. The lowest BCUT2D eigenvalue weighted by atomic mass is 9.97. The van der Waals surface area contributed by atoms with Gasteiger partial charge in [0.05, 0.1) is 13.2 Å². The van der Waals surface area contributed by atoms with Gasteiger partial charge in [-0.05, 0) is 19.8 Å². The maximum atomic E-state index is 5.71. The van der Waals surface area contributed by atoms with E-state index in [4.69, 9.17) is 14.0 Å². The van der Waals surface area contributed by atoms with Crippen LogP contribution in [0.2, 0.25) is 0 Å². The number of nitrogens with one attached hydrogen (secondary N) is 2. The molecule has 27 heavy (non-hydrogen) atoms. The van der Waals surface area contributed by atoms with Gasteiger partial charge in [-0.15, -0.1) is 24.0 Å². The molecule has 0 aliphatic carbocycles. The van der Waals surface area contributed by atoms with Crippen molar-refractivity contribution in [1.29, 1.82) is 0 Å². The molecule has 0 radical (unpaired) electrons. The van der Waals surface area contributed by atoms with E-state index in [0.29, 0.717) is 24.2 Å². The van der Waals surface area contributed by atoms with E-state index in [9.17, 15) is 0 Å². The topological polar surface area (TPSA) is 93.8 Å². The van der Waals surface area contributed by atoms with Crippen molar-refractivity contribution in [2.24, 2.45) is 10.9 Å². The summed E-state index contributed by atoms with van der Waals surface area (Å²) in [5, 5.41) is 10.5. The highest BCUT2D eigenvalue weighted by Crippen LogP contribution is 2.19. The first-order valence-electron chi connectivity index (χ1n) is 9.49. The van der Waals surface area contributed by atoms with E-state index in [1.165, 1.54) is 0 Å². The van der Waals surface area contributed by atoms with E-state index in [-0.39, 0.29) is 29.4 Å². The Bertz CT molecular complexity index is 553. The van der Waals surface area contributed by atoms with Gasteiger partial charge >= 0.3 is 0 Å². The number of ether oxygens (including phenoxy) is 2. The fourth-order valence-electron chi connectivity index (χ4n) is 2.46. The van der Waals surface area contributed by atoms with Crippen molar-refractivity contribution in [3.05, 3.63) is 11.7 Å². The molecule has 2 heterocycles.